The standard InChI is InChI=1S/C19H19N3O3S/c1-24-10-9-20-18-17(12-7-8-14(23)15(11-12)25-2)21-19-22(18)13-5-3-4-6-16(13)26-19/h3-8,11,20,23H,9-10H2,1-2H3. The Kier molecular flexibility index (Phi) is 4.40. The molecule has 4 aromatic rings. The lowest BCUT2D eigenvalue weighted by Gasteiger charge is -2.10. The number of nitrogens with zero attached hydrogens (tertiary/aromatic N) is 2. The number of ether oxygens (including phenoxy) is 2. The van der Waals surface area contributed by atoms with E-state index in [1.807, 2.05) is 18.2 Å². The number of hydrogen-bond acceptors (Lipinski definition) is 6. The van der Waals surface area contributed by atoms with Gasteiger partial charge < -0.3 is 19.9 Å². The van der Waals surface area contributed by atoms with Crippen molar-refractivity contribution in [1.82, 2.24) is 9.38 Å². The predicted molar refractivity (Wildman–Crippen MR) is 105 cm³/mol. The number of nitrogens with one attached hydrogen (secondary N) is 1. The van der Waals surface area contributed by atoms with Gasteiger partial charge in [0.05, 0.1) is 23.9 Å². The molecular formula is C19H19N3O3S. The van der Waals surface area contributed by atoms with Crippen LogP contribution in [0.2, 0.25) is 0 Å². The molecule has 0 unspecified atom stereocenters. The lowest BCUT2D eigenvalue weighted by molar-refractivity contribution is 0.210. The molecule has 6 nitrogen and oxygen atoms in total. The van der Waals surface area contributed by atoms with Gasteiger partial charge in [0.25, 0.3) is 0 Å². The molecule has 134 valence electrons. The molecule has 0 aliphatic carbocycles. The SMILES string of the molecule is COCCNc1c(-c2ccc(O)c(OC)c2)nc2sc3ccccc3n12. The maximum absolute atomic E-state index is 9.88. The van der Waals surface area contributed by atoms with Gasteiger partial charge in [0.2, 0.25) is 0 Å². The number of phenolic OH excluding ortho intramolecular Hbond substituents is 1. The summed E-state index contributed by atoms with van der Waals surface area (Å²) >= 11 is 1.64. The van der Waals surface area contributed by atoms with Crippen LogP contribution in [0.15, 0.2) is 42.5 Å². The summed E-state index contributed by atoms with van der Waals surface area (Å²) in [4.78, 5) is 5.76. The molecule has 0 amide bonds. The molecule has 2 aromatic carbocycles. The van der Waals surface area contributed by atoms with Crippen molar-refractivity contribution in [3.63, 3.8) is 0 Å². The fourth-order valence-corrected chi connectivity index (χ4v) is 4.00. The number of rotatable bonds is 6. The van der Waals surface area contributed by atoms with Crippen molar-refractivity contribution in [2.75, 3.05) is 32.7 Å². The highest BCUT2D eigenvalue weighted by atomic mass is 32.1. The van der Waals surface area contributed by atoms with Crippen LogP contribution in [-0.2, 0) is 4.74 Å². The minimum Gasteiger partial charge on any atom is -0.504 e. The topological polar surface area (TPSA) is 68.0 Å². The summed E-state index contributed by atoms with van der Waals surface area (Å²) in [6.07, 6.45) is 0. The number of thiazole rings is 1. The summed E-state index contributed by atoms with van der Waals surface area (Å²) in [6, 6.07) is 13.5. The van der Waals surface area contributed by atoms with Crippen LogP contribution in [0.3, 0.4) is 0 Å². The van der Waals surface area contributed by atoms with Crippen molar-refractivity contribution in [2.45, 2.75) is 0 Å². The largest absolute Gasteiger partial charge is 0.504 e. The Bertz CT molecular complexity index is 1070. The van der Waals surface area contributed by atoms with Gasteiger partial charge in [-0.1, -0.05) is 23.5 Å². The highest BCUT2D eigenvalue weighted by Crippen LogP contribution is 2.38. The fourth-order valence-electron chi connectivity index (χ4n) is 2.98. The number of aromatic nitrogens is 2. The number of fused-ring (bicyclic) bond motifs is 3. The molecule has 0 aliphatic heterocycles. The molecule has 0 saturated carbocycles. The van der Waals surface area contributed by atoms with E-state index < -0.39 is 0 Å². The third-order valence-electron chi connectivity index (χ3n) is 4.21. The van der Waals surface area contributed by atoms with Gasteiger partial charge in [-0.05, 0) is 30.3 Å². The average molecular weight is 369 g/mol. The van der Waals surface area contributed by atoms with E-state index in [1.54, 1.807) is 30.6 Å². The maximum atomic E-state index is 9.88. The van der Waals surface area contributed by atoms with Crippen LogP contribution in [0, 0.1) is 0 Å². The van der Waals surface area contributed by atoms with Crippen LogP contribution < -0.4 is 10.1 Å². The third-order valence-corrected chi connectivity index (χ3v) is 5.23. The van der Waals surface area contributed by atoms with Gasteiger partial charge in [0.15, 0.2) is 16.5 Å². The van der Waals surface area contributed by atoms with Gasteiger partial charge in [-0.25, -0.2) is 4.98 Å². The molecule has 0 aliphatic rings. The monoisotopic (exact) mass is 369 g/mol. The zero-order valence-electron chi connectivity index (χ0n) is 14.5. The molecule has 0 atom stereocenters. The Morgan fingerprint density at radius 3 is 2.85 bits per heavy atom. The van der Waals surface area contributed by atoms with E-state index in [4.69, 9.17) is 14.5 Å². The molecular weight excluding hydrogens is 350 g/mol. The highest BCUT2D eigenvalue weighted by Gasteiger charge is 2.19. The molecule has 2 N–H and O–H groups in total. The Hall–Kier alpha value is -2.77. The number of anilines is 1. The average Bonchev–Trinajstić information content (AvgIpc) is 3.19. The molecule has 2 heterocycles. The van der Waals surface area contributed by atoms with Crippen LogP contribution in [0.1, 0.15) is 0 Å². The minimum atomic E-state index is 0.108. The second-order valence-electron chi connectivity index (χ2n) is 5.80. The number of aromatic hydroxyl groups is 1. The van der Waals surface area contributed by atoms with E-state index in [-0.39, 0.29) is 5.75 Å². The summed E-state index contributed by atoms with van der Waals surface area (Å²) in [5.74, 6) is 1.44. The van der Waals surface area contributed by atoms with Crippen molar-refractivity contribution >= 4 is 32.3 Å². The van der Waals surface area contributed by atoms with Gasteiger partial charge in [0, 0.05) is 19.2 Å². The molecule has 2 aromatic heterocycles. The van der Waals surface area contributed by atoms with Gasteiger partial charge in [-0.3, -0.25) is 4.40 Å². The smallest absolute Gasteiger partial charge is 0.197 e. The van der Waals surface area contributed by atoms with E-state index >= 15 is 0 Å². The second-order valence-corrected chi connectivity index (χ2v) is 6.81. The van der Waals surface area contributed by atoms with Gasteiger partial charge in [0.1, 0.15) is 11.5 Å². The Labute approximate surface area is 154 Å². The number of imidazole rings is 1. The van der Waals surface area contributed by atoms with E-state index in [0.29, 0.717) is 18.9 Å². The van der Waals surface area contributed by atoms with E-state index in [1.165, 1.54) is 11.8 Å². The van der Waals surface area contributed by atoms with Gasteiger partial charge in [-0.15, -0.1) is 0 Å². The second kappa shape index (κ2) is 6.86. The first-order valence-corrected chi connectivity index (χ1v) is 9.04. The molecule has 0 radical (unpaired) electrons. The summed E-state index contributed by atoms with van der Waals surface area (Å²) in [5, 5.41) is 13.3. The number of benzene rings is 2. The van der Waals surface area contributed by atoms with E-state index in [0.717, 1.165) is 27.6 Å². The Morgan fingerprint density at radius 1 is 1.19 bits per heavy atom. The highest BCUT2D eigenvalue weighted by molar-refractivity contribution is 7.23. The van der Waals surface area contributed by atoms with Crippen LogP contribution in [0.25, 0.3) is 26.4 Å². The molecule has 0 saturated heterocycles. The van der Waals surface area contributed by atoms with Crippen LogP contribution >= 0.6 is 11.3 Å². The number of para-hydroxylation sites is 1. The van der Waals surface area contributed by atoms with Crippen molar-refractivity contribution in [3.05, 3.63) is 42.5 Å². The lowest BCUT2D eigenvalue weighted by atomic mass is 10.1. The van der Waals surface area contributed by atoms with Gasteiger partial charge >= 0.3 is 0 Å². The zero-order chi connectivity index (χ0) is 18.1. The maximum Gasteiger partial charge on any atom is 0.197 e. The van der Waals surface area contributed by atoms with Crippen LogP contribution in [0.4, 0.5) is 5.82 Å². The lowest BCUT2D eigenvalue weighted by Crippen LogP contribution is -2.10. The molecule has 0 spiro atoms. The van der Waals surface area contributed by atoms with E-state index in [9.17, 15) is 5.11 Å². The molecule has 7 heteroatoms. The first-order chi connectivity index (χ1) is 12.7. The third kappa shape index (κ3) is 2.75. The van der Waals surface area contributed by atoms with Crippen molar-refractivity contribution < 1.29 is 14.6 Å². The quantitative estimate of drug-likeness (QED) is 0.503. The Morgan fingerprint density at radius 2 is 2.04 bits per heavy atom. The number of phenols is 1. The molecule has 4 rings (SSSR count). The number of hydrogen-bond donors (Lipinski definition) is 2. The van der Waals surface area contributed by atoms with Crippen molar-refractivity contribution in [1.29, 1.82) is 0 Å². The molecule has 0 fully saturated rings. The predicted octanol–water partition coefficient (Wildman–Crippen LogP) is 3.99. The minimum absolute atomic E-state index is 0.108. The normalized spacial score (nSPS) is 11.3. The van der Waals surface area contributed by atoms with Gasteiger partial charge in [-0.2, -0.15) is 0 Å². The molecule has 26 heavy (non-hydrogen) atoms. The zero-order valence-corrected chi connectivity index (χ0v) is 15.3. The summed E-state index contributed by atoms with van der Waals surface area (Å²) < 4.78 is 13.7. The molecule has 0 bridgehead atoms. The number of methoxy groups -OCH3 is 2. The van der Waals surface area contributed by atoms with E-state index in [2.05, 4.69) is 21.9 Å². The van der Waals surface area contributed by atoms with Crippen LogP contribution in [-0.4, -0.2) is 41.9 Å². The van der Waals surface area contributed by atoms with Crippen LogP contribution in [0.5, 0.6) is 11.5 Å². The summed E-state index contributed by atoms with van der Waals surface area (Å²) in [6.45, 7) is 1.25. The summed E-state index contributed by atoms with van der Waals surface area (Å²) in [7, 11) is 3.22. The first-order valence-electron chi connectivity index (χ1n) is 8.23. The fraction of sp³-hybridized carbons (Fsp3) is 0.211. The summed E-state index contributed by atoms with van der Waals surface area (Å²) in [5.41, 5.74) is 2.80. The van der Waals surface area contributed by atoms with Crippen molar-refractivity contribution in [2.24, 2.45) is 0 Å². The Balaban J connectivity index is 1.91. The van der Waals surface area contributed by atoms with Crippen molar-refractivity contribution in [3.8, 4) is 22.8 Å². The first kappa shape index (κ1) is 16.7.